The van der Waals surface area contributed by atoms with E-state index in [2.05, 4.69) is 24.8 Å². The Labute approximate surface area is 195 Å². The summed E-state index contributed by atoms with van der Waals surface area (Å²) in [6, 6.07) is 1.54. The molecule has 3 aromatic heterocycles. The summed E-state index contributed by atoms with van der Waals surface area (Å²) in [5.41, 5.74) is 0.982. The first-order valence-corrected chi connectivity index (χ1v) is 11.5. The van der Waals surface area contributed by atoms with E-state index in [0.29, 0.717) is 48.1 Å². The van der Waals surface area contributed by atoms with E-state index in [1.807, 2.05) is 12.4 Å². The molecule has 2 saturated heterocycles. The minimum Gasteiger partial charge on any atom is -0.379 e. The highest BCUT2D eigenvalue weighted by molar-refractivity contribution is 6.31. The zero-order valence-electron chi connectivity index (χ0n) is 18.5. The lowest BCUT2D eigenvalue weighted by molar-refractivity contribution is 0.0341. The van der Waals surface area contributed by atoms with Crippen molar-refractivity contribution in [3.63, 3.8) is 0 Å². The molecule has 5 rings (SSSR count). The Morgan fingerprint density at radius 1 is 1.00 bits per heavy atom. The Hall–Kier alpha value is -2.82. The van der Waals surface area contributed by atoms with E-state index < -0.39 is 11.1 Å². The van der Waals surface area contributed by atoms with Gasteiger partial charge in [-0.1, -0.05) is 11.6 Å². The molecule has 0 bridgehead atoms. The normalized spacial score (nSPS) is 18.2. The third kappa shape index (κ3) is 4.38. The van der Waals surface area contributed by atoms with Crippen molar-refractivity contribution in [2.45, 2.75) is 25.4 Å². The second kappa shape index (κ2) is 9.20. The maximum absolute atomic E-state index is 12.8. The summed E-state index contributed by atoms with van der Waals surface area (Å²) >= 11 is 6.08. The number of ether oxygens (including phenoxy) is 1. The fourth-order valence-electron chi connectivity index (χ4n) is 4.58. The van der Waals surface area contributed by atoms with Gasteiger partial charge >= 0.3 is 11.1 Å². The summed E-state index contributed by atoms with van der Waals surface area (Å²) in [6.07, 6.45) is 6.65. The van der Waals surface area contributed by atoms with Gasteiger partial charge in [-0.25, -0.2) is 15.0 Å². The molecule has 33 heavy (non-hydrogen) atoms. The quantitative estimate of drug-likeness (QED) is 0.524. The Kier molecular flexibility index (Phi) is 6.13. The van der Waals surface area contributed by atoms with Crippen LogP contribution in [0, 0.1) is 0 Å². The molecule has 0 spiro atoms. The first kappa shape index (κ1) is 22.0. The summed E-state index contributed by atoms with van der Waals surface area (Å²) in [5.74, 6) is 0.685. The Balaban J connectivity index is 1.31. The molecule has 2 fully saturated rings. The fourth-order valence-corrected chi connectivity index (χ4v) is 4.73. The number of rotatable bonds is 4. The van der Waals surface area contributed by atoms with Gasteiger partial charge in [-0.05, 0) is 18.9 Å². The maximum Gasteiger partial charge on any atom is 0.318 e. The van der Waals surface area contributed by atoms with Crippen molar-refractivity contribution in [1.82, 2.24) is 29.0 Å². The van der Waals surface area contributed by atoms with Crippen LogP contribution in [0.1, 0.15) is 24.4 Å². The molecule has 0 aromatic carbocycles. The zero-order chi connectivity index (χ0) is 22.9. The van der Waals surface area contributed by atoms with E-state index in [4.69, 9.17) is 16.3 Å². The number of piperidine rings is 1. The lowest BCUT2D eigenvalue weighted by Gasteiger charge is -2.33. The number of aromatic nitrogens is 5. The second-order valence-corrected chi connectivity index (χ2v) is 8.97. The summed E-state index contributed by atoms with van der Waals surface area (Å²) in [7, 11) is 1.57. The van der Waals surface area contributed by atoms with Crippen molar-refractivity contribution in [3.05, 3.63) is 56.0 Å². The first-order chi connectivity index (χ1) is 16.0. The predicted molar refractivity (Wildman–Crippen MR) is 125 cm³/mol. The molecule has 174 valence electrons. The lowest BCUT2D eigenvalue weighted by Crippen LogP contribution is -2.45. The summed E-state index contributed by atoms with van der Waals surface area (Å²) in [6.45, 7) is 5.57. The third-order valence-corrected chi connectivity index (χ3v) is 6.63. The van der Waals surface area contributed by atoms with Crippen LogP contribution in [-0.2, 0) is 18.3 Å². The zero-order valence-corrected chi connectivity index (χ0v) is 19.2. The molecule has 2 aliphatic rings. The molecule has 10 nitrogen and oxygen atoms in total. The van der Waals surface area contributed by atoms with Crippen LogP contribution in [0.4, 0.5) is 5.95 Å². The van der Waals surface area contributed by atoms with E-state index in [9.17, 15) is 9.59 Å². The van der Waals surface area contributed by atoms with E-state index in [0.717, 1.165) is 38.4 Å². The fraction of sp³-hybridized carbons (Fsp3) is 0.500. The molecule has 0 amide bonds. The van der Waals surface area contributed by atoms with Gasteiger partial charge in [0.25, 0.3) is 0 Å². The van der Waals surface area contributed by atoms with Crippen LogP contribution in [0.15, 0.2) is 34.2 Å². The number of halogens is 1. The van der Waals surface area contributed by atoms with Gasteiger partial charge in [-0.2, -0.15) is 0 Å². The maximum atomic E-state index is 12.8. The van der Waals surface area contributed by atoms with Gasteiger partial charge in [0, 0.05) is 70.0 Å². The highest BCUT2D eigenvalue weighted by Gasteiger charge is 2.26. The van der Waals surface area contributed by atoms with Crippen molar-refractivity contribution in [3.8, 4) is 0 Å². The van der Waals surface area contributed by atoms with Crippen molar-refractivity contribution in [2.75, 3.05) is 44.3 Å². The molecule has 2 aliphatic heterocycles. The monoisotopic (exact) mass is 471 g/mol. The third-order valence-electron chi connectivity index (χ3n) is 6.42. The number of hydrogen-bond donors (Lipinski definition) is 0. The number of hydrogen-bond acceptors (Lipinski definition) is 8. The second-order valence-electron chi connectivity index (χ2n) is 8.53. The van der Waals surface area contributed by atoms with Gasteiger partial charge in [-0.3, -0.25) is 19.1 Å². The van der Waals surface area contributed by atoms with Gasteiger partial charge < -0.3 is 14.2 Å². The molecule has 11 heteroatoms. The Morgan fingerprint density at radius 3 is 2.39 bits per heavy atom. The molecule has 0 atom stereocenters. The first-order valence-electron chi connectivity index (χ1n) is 11.1. The minimum atomic E-state index is -0.576. The van der Waals surface area contributed by atoms with Crippen molar-refractivity contribution >= 4 is 28.7 Å². The van der Waals surface area contributed by atoms with E-state index in [1.54, 1.807) is 13.1 Å². The molecule has 0 N–H and O–H groups in total. The Morgan fingerprint density at radius 2 is 1.70 bits per heavy atom. The minimum absolute atomic E-state index is 0.126. The highest BCUT2D eigenvalue weighted by Crippen LogP contribution is 2.26. The van der Waals surface area contributed by atoms with Gasteiger partial charge in [-0.15, -0.1) is 0 Å². The molecule has 0 saturated carbocycles. The molecule has 0 aliphatic carbocycles. The van der Waals surface area contributed by atoms with Crippen molar-refractivity contribution in [1.29, 1.82) is 0 Å². The number of aryl methyl sites for hydroxylation is 1. The van der Waals surface area contributed by atoms with E-state index >= 15 is 0 Å². The van der Waals surface area contributed by atoms with Gasteiger partial charge in [0.2, 0.25) is 5.95 Å². The van der Waals surface area contributed by atoms with Crippen LogP contribution < -0.4 is 16.0 Å². The number of anilines is 1. The Bertz CT molecular complexity index is 1260. The van der Waals surface area contributed by atoms with Gasteiger partial charge in [0.1, 0.15) is 0 Å². The molecule has 3 aromatic rings. The molecule has 0 radical (unpaired) electrons. The molecular formula is C22H26ClN7O3. The molecule has 5 heterocycles. The highest BCUT2D eigenvalue weighted by atomic mass is 35.5. The topological polar surface area (TPSA) is 98.4 Å². The largest absolute Gasteiger partial charge is 0.379 e. The van der Waals surface area contributed by atoms with Crippen LogP contribution in [0.25, 0.3) is 11.2 Å². The van der Waals surface area contributed by atoms with E-state index in [1.165, 1.54) is 15.3 Å². The number of morpholine rings is 1. The van der Waals surface area contributed by atoms with Gasteiger partial charge in [0.05, 0.1) is 23.8 Å². The van der Waals surface area contributed by atoms with Gasteiger partial charge in [0.15, 0.2) is 5.65 Å². The van der Waals surface area contributed by atoms with Crippen LogP contribution >= 0.6 is 11.6 Å². The SMILES string of the molecule is Cn1c(=O)c(=O)n(C2CCN(c3ncc(CN4CCOCC4)cn3)CC2)c2ncc(Cl)cc21. The average molecular weight is 472 g/mol. The molecule has 0 unspecified atom stereocenters. The predicted octanol–water partition coefficient (Wildman–Crippen LogP) is 1.21. The van der Waals surface area contributed by atoms with Crippen LogP contribution in [0.3, 0.4) is 0 Å². The molecular weight excluding hydrogens is 446 g/mol. The van der Waals surface area contributed by atoms with Crippen LogP contribution in [0.2, 0.25) is 5.02 Å². The van der Waals surface area contributed by atoms with Crippen molar-refractivity contribution < 1.29 is 4.74 Å². The van der Waals surface area contributed by atoms with Crippen molar-refractivity contribution in [2.24, 2.45) is 7.05 Å². The standard InChI is InChI=1S/C22H26ClN7O3/c1-27-18-10-16(23)13-24-19(18)30(21(32)20(27)31)17-2-4-29(5-3-17)22-25-11-15(12-26-22)14-28-6-8-33-9-7-28/h10-13,17H,2-9,14H2,1H3. The lowest BCUT2D eigenvalue weighted by atomic mass is 10.0. The summed E-state index contributed by atoms with van der Waals surface area (Å²) in [5, 5.41) is 0.423. The summed E-state index contributed by atoms with van der Waals surface area (Å²) < 4.78 is 8.25. The average Bonchev–Trinajstić information content (AvgIpc) is 2.85. The summed E-state index contributed by atoms with van der Waals surface area (Å²) in [4.78, 5) is 43.4. The smallest absolute Gasteiger partial charge is 0.318 e. The number of nitrogens with zero attached hydrogens (tertiary/aromatic N) is 7. The van der Waals surface area contributed by atoms with Crippen LogP contribution in [-0.4, -0.2) is 68.4 Å². The van der Waals surface area contributed by atoms with E-state index in [-0.39, 0.29) is 6.04 Å². The number of pyridine rings is 1. The number of fused-ring (bicyclic) bond motifs is 1. The van der Waals surface area contributed by atoms with Crippen LogP contribution in [0.5, 0.6) is 0 Å².